The van der Waals surface area contributed by atoms with Gasteiger partial charge in [0.2, 0.25) is 5.91 Å². The number of H-pyrrole nitrogens is 1. The average Bonchev–Trinajstić information content (AvgIpc) is 2.42. The van der Waals surface area contributed by atoms with Crippen LogP contribution in [0.2, 0.25) is 0 Å². The fourth-order valence-corrected chi connectivity index (χ4v) is 2.16. The van der Waals surface area contributed by atoms with Gasteiger partial charge in [0, 0.05) is 12.3 Å². The Morgan fingerprint density at radius 1 is 1.29 bits per heavy atom. The molecule has 2 N–H and O–H groups in total. The Morgan fingerprint density at radius 2 is 2.00 bits per heavy atom. The Balaban J connectivity index is 2.07. The maximum Gasteiger partial charge on any atom is 0.328 e. The van der Waals surface area contributed by atoms with Crippen LogP contribution in [0.4, 0.5) is 0 Å². The fourth-order valence-electron chi connectivity index (χ4n) is 2.16. The highest BCUT2D eigenvalue weighted by molar-refractivity contribution is 5.76. The van der Waals surface area contributed by atoms with Crippen LogP contribution in [0.5, 0.6) is 0 Å². The quantitative estimate of drug-likeness (QED) is 0.869. The molecule has 0 aliphatic heterocycles. The predicted octanol–water partition coefficient (Wildman–Crippen LogP) is 0.722. The predicted molar refractivity (Wildman–Crippen MR) is 79.1 cm³/mol. The molecule has 6 heteroatoms. The number of aryl methyl sites for hydroxylation is 1. The molecule has 2 aromatic rings. The number of carbonyl (C=O) groups excluding carboxylic acids is 1. The summed E-state index contributed by atoms with van der Waals surface area (Å²) in [5.41, 5.74) is 1.04. The van der Waals surface area contributed by atoms with Crippen molar-refractivity contribution in [3.05, 3.63) is 68.5 Å². The third-order valence-corrected chi connectivity index (χ3v) is 3.24. The Bertz CT molecular complexity index is 761. The minimum atomic E-state index is -0.596. The summed E-state index contributed by atoms with van der Waals surface area (Å²) in [6.07, 6.45) is 1.30. The van der Waals surface area contributed by atoms with Crippen molar-refractivity contribution in [2.75, 3.05) is 0 Å². The molecular formula is C15H17N3O3. The molecule has 0 aliphatic rings. The van der Waals surface area contributed by atoms with E-state index in [1.807, 2.05) is 38.1 Å². The van der Waals surface area contributed by atoms with Gasteiger partial charge < -0.3 is 5.32 Å². The summed E-state index contributed by atoms with van der Waals surface area (Å²) in [6.45, 7) is 3.73. The van der Waals surface area contributed by atoms with Gasteiger partial charge >= 0.3 is 5.69 Å². The second-order valence-corrected chi connectivity index (χ2v) is 4.88. The van der Waals surface area contributed by atoms with E-state index >= 15 is 0 Å². The number of benzene rings is 1. The third-order valence-electron chi connectivity index (χ3n) is 3.24. The zero-order valence-electron chi connectivity index (χ0n) is 11.9. The van der Waals surface area contributed by atoms with Gasteiger partial charge in [0.05, 0.1) is 6.04 Å². The monoisotopic (exact) mass is 287 g/mol. The Kier molecular flexibility index (Phi) is 4.37. The zero-order valence-corrected chi connectivity index (χ0v) is 11.9. The minimum absolute atomic E-state index is 0.133. The minimum Gasteiger partial charge on any atom is -0.348 e. The zero-order chi connectivity index (χ0) is 15.4. The molecule has 0 saturated heterocycles. The number of carbonyl (C=O) groups is 1. The van der Waals surface area contributed by atoms with E-state index < -0.39 is 11.2 Å². The molecule has 0 spiro atoms. The van der Waals surface area contributed by atoms with Gasteiger partial charge in [0.25, 0.3) is 5.56 Å². The molecule has 1 aromatic heterocycles. The Hall–Kier alpha value is -2.63. The molecule has 1 unspecified atom stereocenters. The Labute approximate surface area is 121 Å². The van der Waals surface area contributed by atoms with Crippen LogP contribution in [0.25, 0.3) is 0 Å². The van der Waals surface area contributed by atoms with E-state index in [0.29, 0.717) is 0 Å². The van der Waals surface area contributed by atoms with Gasteiger partial charge in [0.15, 0.2) is 0 Å². The summed E-state index contributed by atoms with van der Waals surface area (Å²) in [5.74, 6) is -0.292. The number of hydrogen-bond acceptors (Lipinski definition) is 3. The molecule has 110 valence electrons. The van der Waals surface area contributed by atoms with Gasteiger partial charge in [-0.1, -0.05) is 24.3 Å². The van der Waals surface area contributed by atoms with Gasteiger partial charge in [-0.05, 0) is 25.0 Å². The van der Waals surface area contributed by atoms with Crippen LogP contribution in [0.3, 0.4) is 0 Å². The van der Waals surface area contributed by atoms with Gasteiger partial charge in [0.1, 0.15) is 6.54 Å². The maximum atomic E-state index is 12.0. The summed E-state index contributed by atoms with van der Waals surface area (Å²) in [6, 6.07) is 8.83. The smallest absolute Gasteiger partial charge is 0.328 e. The number of nitrogens with one attached hydrogen (secondary N) is 2. The topological polar surface area (TPSA) is 84.0 Å². The first-order chi connectivity index (χ1) is 9.97. The highest BCUT2D eigenvalue weighted by Crippen LogP contribution is 2.16. The van der Waals surface area contributed by atoms with Crippen LogP contribution in [0, 0.1) is 6.92 Å². The fraction of sp³-hybridized carbons (Fsp3) is 0.267. The van der Waals surface area contributed by atoms with Crippen LogP contribution in [-0.2, 0) is 11.3 Å². The second-order valence-electron chi connectivity index (χ2n) is 4.88. The van der Waals surface area contributed by atoms with Crippen LogP contribution < -0.4 is 16.6 Å². The molecule has 1 atom stereocenters. The normalized spacial score (nSPS) is 11.9. The molecule has 1 heterocycles. The number of amides is 1. The van der Waals surface area contributed by atoms with E-state index in [-0.39, 0.29) is 18.5 Å². The van der Waals surface area contributed by atoms with Crippen molar-refractivity contribution in [3.8, 4) is 0 Å². The second kappa shape index (κ2) is 6.21. The van der Waals surface area contributed by atoms with E-state index in [2.05, 4.69) is 10.3 Å². The lowest BCUT2D eigenvalue weighted by molar-refractivity contribution is -0.122. The molecule has 0 saturated carbocycles. The lowest BCUT2D eigenvalue weighted by Crippen LogP contribution is -2.36. The van der Waals surface area contributed by atoms with Gasteiger partial charge in [-0.25, -0.2) is 4.79 Å². The first kappa shape index (κ1) is 14.8. The summed E-state index contributed by atoms with van der Waals surface area (Å²) < 4.78 is 1.15. The molecule has 21 heavy (non-hydrogen) atoms. The van der Waals surface area contributed by atoms with Crippen molar-refractivity contribution in [1.29, 1.82) is 0 Å². The standard InChI is InChI=1S/C15H17N3O3/c1-10-5-3-4-6-12(10)11(2)16-14(20)9-18-8-7-13(19)17-15(18)21/h3-8,11H,9H2,1-2H3,(H,16,20)(H,17,19,21). The van der Waals surface area contributed by atoms with Crippen molar-refractivity contribution in [1.82, 2.24) is 14.9 Å². The van der Waals surface area contributed by atoms with Crippen LogP contribution >= 0.6 is 0 Å². The van der Waals surface area contributed by atoms with Crippen molar-refractivity contribution in [2.45, 2.75) is 26.4 Å². The first-order valence-electron chi connectivity index (χ1n) is 6.62. The highest BCUT2D eigenvalue weighted by atomic mass is 16.2. The van der Waals surface area contributed by atoms with E-state index in [1.165, 1.54) is 12.3 Å². The van der Waals surface area contributed by atoms with Gasteiger partial charge in [-0.15, -0.1) is 0 Å². The average molecular weight is 287 g/mol. The van der Waals surface area contributed by atoms with Crippen LogP contribution in [-0.4, -0.2) is 15.5 Å². The summed E-state index contributed by atoms with van der Waals surface area (Å²) in [5, 5.41) is 2.84. The van der Waals surface area contributed by atoms with Crippen molar-refractivity contribution in [3.63, 3.8) is 0 Å². The lowest BCUT2D eigenvalue weighted by Gasteiger charge is -2.16. The van der Waals surface area contributed by atoms with Crippen molar-refractivity contribution in [2.24, 2.45) is 0 Å². The van der Waals surface area contributed by atoms with E-state index in [9.17, 15) is 14.4 Å². The molecule has 1 amide bonds. The summed E-state index contributed by atoms with van der Waals surface area (Å²) in [4.78, 5) is 36.6. The van der Waals surface area contributed by atoms with Crippen molar-refractivity contribution < 1.29 is 4.79 Å². The largest absolute Gasteiger partial charge is 0.348 e. The van der Waals surface area contributed by atoms with Crippen LogP contribution in [0.15, 0.2) is 46.1 Å². The maximum absolute atomic E-state index is 12.0. The van der Waals surface area contributed by atoms with Crippen molar-refractivity contribution >= 4 is 5.91 Å². The number of nitrogens with zero attached hydrogens (tertiary/aromatic N) is 1. The molecular weight excluding hydrogens is 270 g/mol. The van der Waals surface area contributed by atoms with E-state index in [4.69, 9.17) is 0 Å². The summed E-state index contributed by atoms with van der Waals surface area (Å²) >= 11 is 0. The molecule has 0 bridgehead atoms. The SMILES string of the molecule is Cc1ccccc1C(C)NC(=O)Cn1ccc(=O)[nH]c1=O. The molecule has 2 rings (SSSR count). The molecule has 6 nitrogen and oxygen atoms in total. The Morgan fingerprint density at radius 3 is 2.67 bits per heavy atom. The number of aromatic amines is 1. The molecule has 0 fully saturated rings. The van der Waals surface area contributed by atoms with Crippen LogP contribution in [0.1, 0.15) is 24.1 Å². The van der Waals surface area contributed by atoms with E-state index in [0.717, 1.165) is 15.7 Å². The molecule has 0 aliphatic carbocycles. The highest BCUT2D eigenvalue weighted by Gasteiger charge is 2.12. The third kappa shape index (κ3) is 3.68. The van der Waals surface area contributed by atoms with Gasteiger partial charge in [-0.3, -0.25) is 19.1 Å². The number of hydrogen-bond donors (Lipinski definition) is 2. The lowest BCUT2D eigenvalue weighted by atomic mass is 10.0. The first-order valence-corrected chi connectivity index (χ1v) is 6.62. The van der Waals surface area contributed by atoms with E-state index in [1.54, 1.807) is 0 Å². The molecule has 0 radical (unpaired) electrons. The molecule has 1 aromatic carbocycles. The number of rotatable bonds is 4. The summed E-state index contributed by atoms with van der Waals surface area (Å²) in [7, 11) is 0. The number of aromatic nitrogens is 2. The van der Waals surface area contributed by atoms with Gasteiger partial charge in [-0.2, -0.15) is 0 Å².